The number of aliphatic hydroxyl groups is 1. The molecule has 1 saturated heterocycles. The fraction of sp³-hybridized carbons (Fsp3) is 0.435. The predicted molar refractivity (Wildman–Crippen MR) is 112 cm³/mol. The van der Waals surface area contributed by atoms with Crippen LogP contribution >= 0.6 is 11.6 Å². The topological polar surface area (TPSA) is 59.0 Å². The highest BCUT2D eigenvalue weighted by molar-refractivity contribution is 6.30. The lowest BCUT2D eigenvalue weighted by molar-refractivity contribution is -0.184. The van der Waals surface area contributed by atoms with Gasteiger partial charge in [0.05, 0.1) is 31.8 Å². The Balaban J connectivity index is 1.69. The lowest BCUT2D eigenvalue weighted by Gasteiger charge is -2.24. The lowest BCUT2D eigenvalue weighted by atomic mass is 9.96. The second-order valence-corrected chi connectivity index (χ2v) is 8.73. The summed E-state index contributed by atoms with van der Waals surface area (Å²) in [5.41, 5.74) is 1.67. The molecule has 1 aliphatic rings. The van der Waals surface area contributed by atoms with E-state index < -0.39 is 5.41 Å². The van der Waals surface area contributed by atoms with Crippen LogP contribution in [0.25, 0.3) is 0 Å². The summed E-state index contributed by atoms with van der Waals surface area (Å²) < 4.78 is 5.49. The van der Waals surface area contributed by atoms with Gasteiger partial charge in [0.2, 0.25) is 0 Å². The van der Waals surface area contributed by atoms with Crippen LogP contribution in [0.15, 0.2) is 54.6 Å². The van der Waals surface area contributed by atoms with Crippen LogP contribution in [0, 0.1) is 11.3 Å². The number of ether oxygens (including phenoxy) is 1. The zero-order valence-corrected chi connectivity index (χ0v) is 17.6. The predicted octanol–water partition coefficient (Wildman–Crippen LogP) is 4.40. The number of aliphatic hydroxyl groups excluding tert-OH is 1. The van der Waals surface area contributed by atoms with Gasteiger partial charge in [-0.25, -0.2) is 0 Å². The molecule has 2 aromatic carbocycles. The van der Waals surface area contributed by atoms with Gasteiger partial charge in [-0.3, -0.25) is 9.63 Å². The molecule has 2 aromatic rings. The van der Waals surface area contributed by atoms with Gasteiger partial charge in [0.1, 0.15) is 0 Å². The van der Waals surface area contributed by atoms with Crippen molar-refractivity contribution in [3.05, 3.63) is 70.7 Å². The monoisotopic (exact) mass is 417 g/mol. The van der Waals surface area contributed by atoms with Crippen molar-refractivity contribution in [2.75, 3.05) is 19.8 Å². The molecule has 3 rings (SSSR count). The van der Waals surface area contributed by atoms with Crippen molar-refractivity contribution in [1.82, 2.24) is 5.06 Å². The van der Waals surface area contributed by atoms with Crippen molar-refractivity contribution in [3.63, 3.8) is 0 Å². The number of rotatable bonds is 8. The third kappa shape index (κ3) is 6.03. The van der Waals surface area contributed by atoms with E-state index in [1.807, 2.05) is 73.5 Å². The molecular weight excluding hydrogens is 390 g/mol. The van der Waals surface area contributed by atoms with Gasteiger partial charge in [-0.1, -0.05) is 67.9 Å². The van der Waals surface area contributed by atoms with E-state index in [9.17, 15) is 9.90 Å². The molecule has 1 heterocycles. The normalized spacial score (nSPS) is 20.0. The third-order valence-corrected chi connectivity index (χ3v) is 5.37. The van der Waals surface area contributed by atoms with Crippen molar-refractivity contribution in [3.8, 4) is 0 Å². The number of esters is 1. The first-order valence-electron chi connectivity index (χ1n) is 9.84. The minimum absolute atomic E-state index is 0.0370. The Bertz CT molecular complexity index is 794. The van der Waals surface area contributed by atoms with Gasteiger partial charge in [0.25, 0.3) is 0 Å². The van der Waals surface area contributed by atoms with E-state index in [1.54, 1.807) is 0 Å². The van der Waals surface area contributed by atoms with Crippen molar-refractivity contribution in [2.45, 2.75) is 32.9 Å². The smallest absolute Gasteiger partial charge is 0.310 e. The number of benzene rings is 2. The van der Waals surface area contributed by atoms with Gasteiger partial charge in [-0.2, -0.15) is 5.06 Å². The number of carbonyl (C=O) groups excluding carboxylic acids is 1. The summed E-state index contributed by atoms with van der Waals surface area (Å²) >= 11 is 6.03. The molecule has 1 aliphatic heterocycles. The summed E-state index contributed by atoms with van der Waals surface area (Å²) in [6, 6.07) is 17.5. The third-order valence-electron chi connectivity index (χ3n) is 5.12. The molecule has 0 unspecified atom stereocenters. The Kier molecular flexibility index (Phi) is 7.30. The largest absolute Gasteiger partial charge is 0.465 e. The molecule has 6 heteroatoms. The Morgan fingerprint density at radius 3 is 2.52 bits per heavy atom. The minimum Gasteiger partial charge on any atom is -0.465 e. The second-order valence-electron chi connectivity index (χ2n) is 8.29. The number of nitrogens with zero attached hydrogens (tertiary/aromatic N) is 1. The first kappa shape index (κ1) is 21.8. The van der Waals surface area contributed by atoms with Crippen LogP contribution in [0.1, 0.15) is 37.4 Å². The highest BCUT2D eigenvalue weighted by Crippen LogP contribution is 2.37. The van der Waals surface area contributed by atoms with Crippen molar-refractivity contribution in [1.29, 1.82) is 0 Å². The van der Waals surface area contributed by atoms with Crippen molar-refractivity contribution < 1.29 is 19.5 Å². The quantitative estimate of drug-likeness (QED) is 0.645. The SMILES string of the molecule is CC(C)(CO)COC(=O)[C@H]1C[C@@H](c2ccc(Cl)cc2)N(OCc2ccccc2)C1. The first-order valence-corrected chi connectivity index (χ1v) is 10.2. The van der Waals surface area contributed by atoms with Gasteiger partial charge in [-0.15, -0.1) is 0 Å². The van der Waals surface area contributed by atoms with Gasteiger partial charge >= 0.3 is 5.97 Å². The van der Waals surface area contributed by atoms with Gasteiger partial charge in [0.15, 0.2) is 0 Å². The summed E-state index contributed by atoms with van der Waals surface area (Å²) in [6.07, 6.45) is 0.606. The fourth-order valence-corrected chi connectivity index (χ4v) is 3.39. The number of carbonyl (C=O) groups is 1. The Hall–Kier alpha value is -1.92. The van der Waals surface area contributed by atoms with E-state index in [0.29, 0.717) is 24.6 Å². The van der Waals surface area contributed by atoms with Crippen LogP contribution in [0.3, 0.4) is 0 Å². The molecule has 156 valence electrons. The average Bonchev–Trinajstić information content (AvgIpc) is 3.16. The number of halogens is 1. The fourth-order valence-electron chi connectivity index (χ4n) is 3.27. The molecule has 1 fully saturated rings. The van der Waals surface area contributed by atoms with E-state index in [2.05, 4.69) is 0 Å². The van der Waals surface area contributed by atoms with Crippen LogP contribution in [0.5, 0.6) is 0 Å². The Morgan fingerprint density at radius 2 is 1.86 bits per heavy atom. The van der Waals surface area contributed by atoms with Crippen LogP contribution in [0.2, 0.25) is 5.02 Å². The van der Waals surface area contributed by atoms with Crippen LogP contribution < -0.4 is 0 Å². The first-order chi connectivity index (χ1) is 13.9. The molecular formula is C23H28ClNO4. The van der Waals surface area contributed by atoms with E-state index in [0.717, 1.165) is 11.1 Å². The maximum absolute atomic E-state index is 12.7. The summed E-state index contributed by atoms with van der Waals surface area (Å²) in [4.78, 5) is 18.7. The van der Waals surface area contributed by atoms with Crippen LogP contribution in [0.4, 0.5) is 0 Å². The molecule has 1 N–H and O–H groups in total. The lowest BCUT2D eigenvalue weighted by Crippen LogP contribution is -2.30. The molecule has 5 nitrogen and oxygen atoms in total. The standard InChI is InChI=1S/C23H28ClNO4/c1-23(2,15-26)16-28-22(27)19-12-21(18-8-10-20(24)11-9-18)25(13-19)29-14-17-6-4-3-5-7-17/h3-11,19,21,26H,12-16H2,1-2H3/t19-,21-/m0/s1. The highest BCUT2D eigenvalue weighted by Gasteiger charge is 2.39. The molecule has 0 bridgehead atoms. The average molecular weight is 418 g/mol. The van der Waals surface area contributed by atoms with E-state index >= 15 is 0 Å². The minimum atomic E-state index is -0.451. The second kappa shape index (κ2) is 9.72. The number of hydroxylamine groups is 2. The molecule has 0 aromatic heterocycles. The molecule has 2 atom stereocenters. The number of hydrogen-bond donors (Lipinski definition) is 1. The maximum atomic E-state index is 12.7. The Morgan fingerprint density at radius 1 is 1.17 bits per heavy atom. The van der Waals surface area contributed by atoms with E-state index in [4.69, 9.17) is 21.2 Å². The maximum Gasteiger partial charge on any atom is 0.310 e. The molecule has 0 aliphatic carbocycles. The summed E-state index contributed by atoms with van der Waals surface area (Å²) in [5.74, 6) is -0.544. The van der Waals surface area contributed by atoms with E-state index in [-0.39, 0.29) is 31.1 Å². The summed E-state index contributed by atoms with van der Waals surface area (Å²) in [5, 5.41) is 11.9. The molecule has 0 radical (unpaired) electrons. The van der Waals surface area contributed by atoms with Gasteiger partial charge in [-0.05, 0) is 29.7 Å². The van der Waals surface area contributed by atoms with Gasteiger partial charge < -0.3 is 9.84 Å². The zero-order valence-electron chi connectivity index (χ0n) is 16.9. The molecule has 0 amide bonds. The molecule has 29 heavy (non-hydrogen) atoms. The van der Waals surface area contributed by atoms with E-state index in [1.165, 1.54) is 0 Å². The van der Waals surface area contributed by atoms with Crippen LogP contribution in [-0.2, 0) is 21.0 Å². The van der Waals surface area contributed by atoms with Crippen molar-refractivity contribution >= 4 is 17.6 Å². The zero-order chi connectivity index (χ0) is 20.9. The summed E-state index contributed by atoms with van der Waals surface area (Å²) in [7, 11) is 0. The molecule has 0 saturated carbocycles. The Labute approximate surface area is 177 Å². The van der Waals surface area contributed by atoms with Crippen molar-refractivity contribution in [2.24, 2.45) is 11.3 Å². The van der Waals surface area contributed by atoms with Gasteiger partial charge in [0, 0.05) is 17.0 Å². The van der Waals surface area contributed by atoms with Crippen LogP contribution in [-0.4, -0.2) is 35.9 Å². The molecule has 0 spiro atoms. The summed E-state index contributed by atoms with van der Waals surface area (Å²) in [6.45, 7) is 4.77. The highest BCUT2D eigenvalue weighted by atomic mass is 35.5. The number of hydrogen-bond acceptors (Lipinski definition) is 5.